The number of alkyl halides is 1. The third-order valence-corrected chi connectivity index (χ3v) is 3.27. The lowest BCUT2D eigenvalue weighted by Gasteiger charge is -2.31. The molecule has 0 radical (unpaired) electrons. The van der Waals surface area contributed by atoms with Crippen LogP contribution in [-0.2, 0) is 5.67 Å². The molecule has 1 saturated heterocycles. The third kappa shape index (κ3) is 2.05. The Kier molecular flexibility index (Phi) is 2.79. The lowest BCUT2D eigenvalue weighted by Crippen LogP contribution is -2.37. The molecule has 1 N–H and O–H groups in total. The van der Waals surface area contributed by atoms with Crippen LogP contribution in [0.5, 0.6) is 0 Å². The van der Waals surface area contributed by atoms with E-state index >= 15 is 0 Å². The number of rotatable bonds is 1. The minimum absolute atomic E-state index is 0.595. The molecule has 0 aromatic heterocycles. The molecule has 0 spiro atoms. The molecule has 0 unspecified atom stereocenters. The van der Waals surface area contributed by atoms with E-state index in [0.717, 1.165) is 29.8 Å². The normalized spacial score (nSPS) is 20.2. The van der Waals surface area contributed by atoms with Crippen molar-refractivity contribution in [3.8, 4) is 0 Å². The lowest BCUT2D eigenvalue weighted by molar-refractivity contribution is 0.114. The van der Waals surface area contributed by atoms with Crippen LogP contribution in [0, 0.1) is 13.8 Å². The van der Waals surface area contributed by atoms with E-state index in [1.807, 2.05) is 32.0 Å². The summed E-state index contributed by atoms with van der Waals surface area (Å²) in [6, 6.07) is 6.07. The Labute approximate surface area is 90.7 Å². The summed E-state index contributed by atoms with van der Waals surface area (Å²) < 4.78 is 14.7. The predicted molar refractivity (Wildman–Crippen MR) is 60.8 cm³/mol. The van der Waals surface area contributed by atoms with Crippen molar-refractivity contribution >= 4 is 0 Å². The molecule has 1 fully saturated rings. The highest BCUT2D eigenvalue weighted by Gasteiger charge is 2.34. The van der Waals surface area contributed by atoms with Gasteiger partial charge >= 0.3 is 0 Å². The van der Waals surface area contributed by atoms with Gasteiger partial charge in [0.05, 0.1) is 0 Å². The van der Waals surface area contributed by atoms with Crippen molar-refractivity contribution in [1.29, 1.82) is 0 Å². The molecule has 1 aliphatic heterocycles. The lowest BCUT2D eigenvalue weighted by atomic mass is 9.84. The number of benzene rings is 1. The minimum Gasteiger partial charge on any atom is -0.316 e. The van der Waals surface area contributed by atoms with Crippen LogP contribution in [0.15, 0.2) is 18.2 Å². The van der Waals surface area contributed by atoms with Gasteiger partial charge in [-0.25, -0.2) is 4.39 Å². The summed E-state index contributed by atoms with van der Waals surface area (Å²) in [5.74, 6) is 0. The highest BCUT2D eigenvalue weighted by Crippen LogP contribution is 2.37. The molecule has 82 valence electrons. The predicted octanol–water partition coefficient (Wildman–Crippen LogP) is 2.85. The van der Waals surface area contributed by atoms with Crippen LogP contribution in [-0.4, -0.2) is 13.1 Å². The number of hydrogen-bond acceptors (Lipinski definition) is 1. The van der Waals surface area contributed by atoms with Crippen LogP contribution in [0.2, 0.25) is 0 Å². The van der Waals surface area contributed by atoms with Crippen molar-refractivity contribution in [3.63, 3.8) is 0 Å². The average Bonchev–Trinajstić information content (AvgIpc) is 2.23. The van der Waals surface area contributed by atoms with Crippen LogP contribution in [0.3, 0.4) is 0 Å². The summed E-state index contributed by atoms with van der Waals surface area (Å²) in [6.45, 7) is 5.58. The third-order valence-electron chi connectivity index (χ3n) is 3.27. The van der Waals surface area contributed by atoms with Gasteiger partial charge in [0.1, 0.15) is 5.67 Å². The van der Waals surface area contributed by atoms with Gasteiger partial charge in [-0.3, -0.25) is 0 Å². The molecular weight excluding hydrogens is 189 g/mol. The van der Waals surface area contributed by atoms with Crippen molar-refractivity contribution in [1.82, 2.24) is 5.32 Å². The van der Waals surface area contributed by atoms with E-state index in [1.165, 1.54) is 0 Å². The van der Waals surface area contributed by atoms with Gasteiger partial charge in [-0.05, 0) is 50.9 Å². The van der Waals surface area contributed by atoms with E-state index < -0.39 is 5.67 Å². The molecule has 2 rings (SSSR count). The van der Waals surface area contributed by atoms with Crippen molar-refractivity contribution in [2.45, 2.75) is 32.4 Å². The van der Waals surface area contributed by atoms with E-state index in [-0.39, 0.29) is 0 Å². The fourth-order valence-corrected chi connectivity index (χ4v) is 2.31. The van der Waals surface area contributed by atoms with E-state index in [1.54, 1.807) is 0 Å². The van der Waals surface area contributed by atoms with Crippen molar-refractivity contribution in [2.75, 3.05) is 13.1 Å². The second-order valence-electron chi connectivity index (χ2n) is 4.53. The van der Waals surface area contributed by atoms with E-state index in [0.29, 0.717) is 12.8 Å². The maximum atomic E-state index is 14.7. The topological polar surface area (TPSA) is 12.0 Å². The van der Waals surface area contributed by atoms with E-state index in [4.69, 9.17) is 0 Å². The fraction of sp³-hybridized carbons (Fsp3) is 0.538. The van der Waals surface area contributed by atoms with Gasteiger partial charge in [-0.15, -0.1) is 0 Å². The number of hydrogen-bond donors (Lipinski definition) is 1. The summed E-state index contributed by atoms with van der Waals surface area (Å²) in [5.41, 5.74) is 2.00. The Bertz CT molecular complexity index is 354. The summed E-state index contributed by atoms with van der Waals surface area (Å²) >= 11 is 0. The Morgan fingerprint density at radius 1 is 1.20 bits per heavy atom. The quantitative estimate of drug-likeness (QED) is 0.746. The highest BCUT2D eigenvalue weighted by molar-refractivity contribution is 5.35. The van der Waals surface area contributed by atoms with Gasteiger partial charge in [-0.1, -0.05) is 23.8 Å². The second kappa shape index (κ2) is 3.93. The summed E-state index contributed by atoms with van der Waals surface area (Å²) in [5, 5.41) is 3.20. The number of aryl methyl sites for hydroxylation is 2. The fourth-order valence-electron chi connectivity index (χ4n) is 2.31. The van der Waals surface area contributed by atoms with Gasteiger partial charge in [-0.2, -0.15) is 0 Å². The van der Waals surface area contributed by atoms with Gasteiger partial charge in [0, 0.05) is 0 Å². The molecule has 1 heterocycles. The molecule has 1 nitrogen and oxygen atoms in total. The molecule has 15 heavy (non-hydrogen) atoms. The highest BCUT2D eigenvalue weighted by atomic mass is 19.1. The molecule has 0 atom stereocenters. The summed E-state index contributed by atoms with van der Waals surface area (Å²) in [6.07, 6.45) is 1.19. The first-order valence-corrected chi connectivity index (χ1v) is 5.59. The Morgan fingerprint density at radius 3 is 2.53 bits per heavy atom. The first-order valence-electron chi connectivity index (χ1n) is 5.59. The zero-order valence-corrected chi connectivity index (χ0v) is 9.44. The van der Waals surface area contributed by atoms with E-state index in [2.05, 4.69) is 5.32 Å². The van der Waals surface area contributed by atoms with Gasteiger partial charge in [0.15, 0.2) is 0 Å². The first kappa shape index (κ1) is 10.6. The van der Waals surface area contributed by atoms with Gasteiger partial charge in [0.2, 0.25) is 0 Å². The second-order valence-corrected chi connectivity index (χ2v) is 4.53. The molecule has 0 saturated carbocycles. The zero-order chi connectivity index (χ0) is 10.9. The summed E-state index contributed by atoms with van der Waals surface area (Å²) in [4.78, 5) is 0. The van der Waals surface area contributed by atoms with Crippen LogP contribution >= 0.6 is 0 Å². The molecular formula is C13H18FN. The van der Waals surface area contributed by atoms with Crippen molar-refractivity contribution < 1.29 is 4.39 Å². The monoisotopic (exact) mass is 207 g/mol. The van der Waals surface area contributed by atoms with Crippen LogP contribution in [0.25, 0.3) is 0 Å². The maximum absolute atomic E-state index is 14.7. The summed E-state index contributed by atoms with van der Waals surface area (Å²) in [7, 11) is 0. The molecule has 0 bridgehead atoms. The van der Waals surface area contributed by atoms with E-state index in [9.17, 15) is 4.39 Å². The number of nitrogens with one attached hydrogen (secondary N) is 1. The molecule has 1 aliphatic rings. The standard InChI is InChI=1S/C13H18FN/c1-10-3-4-11(2)12(9-10)13(14)5-7-15-8-6-13/h3-4,9,15H,5-8H2,1-2H3. The molecule has 0 aliphatic carbocycles. The Hall–Kier alpha value is -0.890. The van der Waals surface area contributed by atoms with Crippen LogP contribution in [0.4, 0.5) is 4.39 Å². The molecule has 0 amide bonds. The van der Waals surface area contributed by atoms with Crippen molar-refractivity contribution in [3.05, 3.63) is 34.9 Å². The smallest absolute Gasteiger partial charge is 0.138 e. The minimum atomic E-state index is -1.11. The SMILES string of the molecule is Cc1ccc(C)c(C2(F)CCNCC2)c1. The largest absolute Gasteiger partial charge is 0.316 e. The van der Waals surface area contributed by atoms with Crippen LogP contribution in [0.1, 0.15) is 29.5 Å². The molecule has 1 aromatic rings. The maximum Gasteiger partial charge on any atom is 0.138 e. The Morgan fingerprint density at radius 2 is 1.87 bits per heavy atom. The van der Waals surface area contributed by atoms with Gasteiger partial charge < -0.3 is 5.32 Å². The molecule has 2 heteroatoms. The molecule has 1 aromatic carbocycles. The average molecular weight is 207 g/mol. The number of piperidine rings is 1. The van der Waals surface area contributed by atoms with Crippen LogP contribution < -0.4 is 5.32 Å². The van der Waals surface area contributed by atoms with Gasteiger partial charge in [0.25, 0.3) is 0 Å². The first-order chi connectivity index (χ1) is 7.12. The zero-order valence-electron chi connectivity index (χ0n) is 9.44. The number of halogens is 1. The Balaban J connectivity index is 2.38. The van der Waals surface area contributed by atoms with Crippen molar-refractivity contribution in [2.24, 2.45) is 0 Å².